The van der Waals surface area contributed by atoms with E-state index in [1.165, 1.54) is 0 Å². The monoisotopic (exact) mass is 250 g/mol. The number of likely N-dealkylation sites (N-methyl/N-ethyl adjacent to an activating group) is 1. The molecule has 1 aromatic rings. The molecular formula is C12H22N6. The van der Waals surface area contributed by atoms with Gasteiger partial charge in [-0.25, -0.2) is 0 Å². The van der Waals surface area contributed by atoms with Crippen molar-refractivity contribution < 1.29 is 0 Å². The summed E-state index contributed by atoms with van der Waals surface area (Å²) in [4.78, 5) is 16.6. The minimum Gasteiger partial charge on any atom is -0.368 e. The molecule has 1 rings (SSSR count). The van der Waals surface area contributed by atoms with Crippen LogP contribution in [0.4, 0.5) is 11.9 Å². The Bertz CT molecular complexity index is 429. The molecule has 0 aliphatic heterocycles. The van der Waals surface area contributed by atoms with Gasteiger partial charge in [-0.1, -0.05) is 12.2 Å². The fourth-order valence-electron chi connectivity index (χ4n) is 1.54. The third kappa shape index (κ3) is 3.66. The fourth-order valence-corrected chi connectivity index (χ4v) is 1.54. The van der Waals surface area contributed by atoms with Gasteiger partial charge in [-0.3, -0.25) is 4.90 Å². The van der Waals surface area contributed by atoms with E-state index in [-0.39, 0.29) is 12.0 Å². The zero-order valence-electron chi connectivity index (χ0n) is 11.8. The smallest absolute Gasteiger partial charge is 0.229 e. The number of rotatable bonds is 5. The normalized spacial score (nSPS) is 12.6. The molecule has 6 heteroatoms. The summed E-state index contributed by atoms with van der Waals surface area (Å²) >= 11 is 0. The number of nitrogens with zero attached hydrogens (tertiary/aromatic N) is 5. The van der Waals surface area contributed by atoms with Crippen molar-refractivity contribution in [2.45, 2.75) is 19.9 Å². The van der Waals surface area contributed by atoms with Crippen LogP contribution in [-0.4, -0.2) is 47.5 Å². The molecule has 1 atom stereocenters. The molecule has 0 aliphatic carbocycles. The highest BCUT2D eigenvalue weighted by Crippen LogP contribution is 2.18. The van der Waals surface area contributed by atoms with Crippen LogP contribution in [0, 0.1) is 0 Å². The van der Waals surface area contributed by atoms with Gasteiger partial charge in [0, 0.05) is 20.6 Å². The summed E-state index contributed by atoms with van der Waals surface area (Å²) in [5.74, 6) is 1.50. The summed E-state index contributed by atoms with van der Waals surface area (Å²) in [5, 5.41) is 0. The van der Waals surface area contributed by atoms with Crippen molar-refractivity contribution in [1.29, 1.82) is 0 Å². The van der Waals surface area contributed by atoms with Crippen LogP contribution in [0.5, 0.6) is 0 Å². The second-order valence-electron chi connectivity index (χ2n) is 4.79. The summed E-state index contributed by atoms with van der Waals surface area (Å²) in [6.45, 7) is 8.74. The molecule has 2 N–H and O–H groups in total. The van der Waals surface area contributed by atoms with Crippen molar-refractivity contribution in [1.82, 2.24) is 19.9 Å². The van der Waals surface area contributed by atoms with E-state index in [0.29, 0.717) is 11.8 Å². The maximum absolute atomic E-state index is 5.71. The van der Waals surface area contributed by atoms with Gasteiger partial charge in [0.15, 0.2) is 5.82 Å². The zero-order valence-corrected chi connectivity index (χ0v) is 11.8. The summed E-state index contributed by atoms with van der Waals surface area (Å²) in [5.41, 5.74) is 6.81. The standard InChI is InChI=1S/C12H22N6/c1-8(2)7-18(6)9(3)10-14-11(13)16-12(15-10)17(4)5/h9H,1,7H2,2-6H3,(H2,13,14,15,16). The Balaban J connectivity index is 2.97. The number of anilines is 2. The molecule has 100 valence electrons. The summed E-state index contributed by atoms with van der Waals surface area (Å²) in [7, 11) is 5.76. The molecule has 0 fully saturated rings. The highest BCUT2D eigenvalue weighted by atomic mass is 15.3. The molecule has 0 amide bonds. The van der Waals surface area contributed by atoms with Crippen LogP contribution in [0.3, 0.4) is 0 Å². The molecule has 18 heavy (non-hydrogen) atoms. The van der Waals surface area contributed by atoms with Gasteiger partial charge >= 0.3 is 0 Å². The van der Waals surface area contributed by atoms with Crippen molar-refractivity contribution in [2.75, 3.05) is 38.3 Å². The Hall–Kier alpha value is -1.69. The van der Waals surface area contributed by atoms with Crippen molar-refractivity contribution in [3.05, 3.63) is 18.0 Å². The van der Waals surface area contributed by atoms with Gasteiger partial charge in [0.2, 0.25) is 11.9 Å². The molecule has 0 spiro atoms. The third-order valence-corrected chi connectivity index (χ3v) is 2.61. The minimum absolute atomic E-state index is 0.0608. The average molecular weight is 250 g/mol. The van der Waals surface area contributed by atoms with Gasteiger partial charge in [-0.2, -0.15) is 15.0 Å². The second kappa shape index (κ2) is 5.77. The average Bonchev–Trinajstić information content (AvgIpc) is 2.26. The molecule has 0 aliphatic rings. The molecule has 0 saturated carbocycles. The molecule has 1 aromatic heterocycles. The summed E-state index contributed by atoms with van der Waals surface area (Å²) in [6, 6.07) is 0.0608. The Morgan fingerprint density at radius 2 is 1.89 bits per heavy atom. The van der Waals surface area contributed by atoms with Crippen LogP contribution < -0.4 is 10.6 Å². The lowest BCUT2D eigenvalue weighted by molar-refractivity contribution is 0.273. The molecule has 0 saturated heterocycles. The summed E-state index contributed by atoms with van der Waals surface area (Å²) in [6.07, 6.45) is 0. The Labute approximate surface area is 109 Å². The first kappa shape index (κ1) is 14.4. The highest BCUT2D eigenvalue weighted by Gasteiger charge is 2.17. The van der Waals surface area contributed by atoms with Crippen LogP contribution >= 0.6 is 0 Å². The number of nitrogens with two attached hydrogens (primary N) is 1. The van der Waals surface area contributed by atoms with E-state index < -0.39 is 0 Å². The second-order valence-corrected chi connectivity index (χ2v) is 4.79. The van der Waals surface area contributed by atoms with Gasteiger partial charge in [0.05, 0.1) is 6.04 Å². The first-order valence-electron chi connectivity index (χ1n) is 5.84. The van der Waals surface area contributed by atoms with Crippen LogP contribution in [0.15, 0.2) is 12.2 Å². The lowest BCUT2D eigenvalue weighted by Crippen LogP contribution is -2.27. The third-order valence-electron chi connectivity index (χ3n) is 2.61. The van der Waals surface area contributed by atoms with Crippen molar-refractivity contribution in [3.8, 4) is 0 Å². The Kier molecular flexibility index (Phi) is 4.61. The molecule has 0 aromatic carbocycles. The zero-order chi connectivity index (χ0) is 13.9. The molecule has 1 unspecified atom stereocenters. The number of aromatic nitrogens is 3. The molecule has 6 nitrogen and oxygen atoms in total. The maximum atomic E-state index is 5.71. The van der Waals surface area contributed by atoms with E-state index in [2.05, 4.69) is 26.4 Å². The lowest BCUT2D eigenvalue weighted by atomic mass is 10.2. The summed E-state index contributed by atoms with van der Waals surface area (Å²) < 4.78 is 0. The van der Waals surface area contributed by atoms with Crippen LogP contribution in [0.2, 0.25) is 0 Å². The van der Waals surface area contributed by atoms with E-state index in [1.54, 1.807) is 0 Å². The molecule has 0 bridgehead atoms. The highest BCUT2D eigenvalue weighted by molar-refractivity contribution is 5.33. The van der Waals surface area contributed by atoms with E-state index in [0.717, 1.165) is 12.1 Å². The van der Waals surface area contributed by atoms with Crippen LogP contribution in [-0.2, 0) is 0 Å². The van der Waals surface area contributed by atoms with Gasteiger partial charge in [-0.05, 0) is 20.9 Å². The largest absolute Gasteiger partial charge is 0.368 e. The van der Waals surface area contributed by atoms with E-state index in [1.807, 2.05) is 39.9 Å². The Morgan fingerprint density at radius 1 is 1.28 bits per heavy atom. The van der Waals surface area contributed by atoms with Crippen molar-refractivity contribution >= 4 is 11.9 Å². The number of hydrogen-bond acceptors (Lipinski definition) is 6. The van der Waals surface area contributed by atoms with Gasteiger partial charge in [0.1, 0.15) is 0 Å². The molecular weight excluding hydrogens is 228 g/mol. The van der Waals surface area contributed by atoms with Gasteiger partial charge in [-0.15, -0.1) is 0 Å². The predicted molar refractivity (Wildman–Crippen MR) is 74.4 cm³/mol. The minimum atomic E-state index is 0.0608. The topological polar surface area (TPSA) is 71.2 Å². The van der Waals surface area contributed by atoms with Crippen molar-refractivity contribution in [2.24, 2.45) is 0 Å². The maximum Gasteiger partial charge on any atom is 0.229 e. The molecule has 1 heterocycles. The van der Waals surface area contributed by atoms with Gasteiger partial charge < -0.3 is 10.6 Å². The molecule has 0 radical (unpaired) electrons. The van der Waals surface area contributed by atoms with E-state index in [4.69, 9.17) is 5.73 Å². The van der Waals surface area contributed by atoms with Crippen LogP contribution in [0.1, 0.15) is 25.7 Å². The fraction of sp³-hybridized carbons (Fsp3) is 0.583. The number of hydrogen-bond donors (Lipinski definition) is 1. The predicted octanol–water partition coefficient (Wildman–Crippen LogP) is 1.09. The number of nitrogen functional groups attached to an aromatic ring is 1. The lowest BCUT2D eigenvalue weighted by Gasteiger charge is -2.24. The quantitative estimate of drug-likeness (QED) is 0.789. The first-order chi connectivity index (χ1) is 8.31. The van der Waals surface area contributed by atoms with Crippen LogP contribution in [0.25, 0.3) is 0 Å². The van der Waals surface area contributed by atoms with E-state index in [9.17, 15) is 0 Å². The van der Waals surface area contributed by atoms with E-state index >= 15 is 0 Å². The first-order valence-corrected chi connectivity index (χ1v) is 5.84. The van der Waals surface area contributed by atoms with Crippen molar-refractivity contribution in [3.63, 3.8) is 0 Å². The Morgan fingerprint density at radius 3 is 2.39 bits per heavy atom. The SMILES string of the molecule is C=C(C)CN(C)C(C)c1nc(N)nc(N(C)C)n1. The van der Waals surface area contributed by atoms with Gasteiger partial charge in [0.25, 0.3) is 0 Å².